The van der Waals surface area contributed by atoms with Gasteiger partial charge in [0.15, 0.2) is 5.96 Å². The van der Waals surface area contributed by atoms with Gasteiger partial charge in [0.25, 0.3) is 0 Å². The van der Waals surface area contributed by atoms with Gasteiger partial charge in [-0.2, -0.15) is 0 Å². The van der Waals surface area contributed by atoms with Crippen molar-refractivity contribution in [3.8, 4) is 0 Å². The van der Waals surface area contributed by atoms with Crippen LogP contribution in [-0.4, -0.2) is 113 Å². The van der Waals surface area contributed by atoms with E-state index < -0.39 is 91.0 Å². The molecule has 0 saturated heterocycles. The molecule has 4 amide bonds. The molecule has 0 heterocycles. The fraction of sp³-hybridized carbons (Fsp3) is 0.704. The van der Waals surface area contributed by atoms with E-state index in [2.05, 4.69) is 26.3 Å². The van der Waals surface area contributed by atoms with Crippen molar-refractivity contribution in [3.05, 3.63) is 0 Å². The molecule has 0 aliphatic carbocycles. The molecule has 17 N–H and O–H groups in total. The number of nitrogens with zero attached hydrogens (tertiary/aromatic N) is 1. The van der Waals surface area contributed by atoms with Crippen LogP contribution in [-0.2, 0) is 33.6 Å². The first-order valence-electron chi connectivity index (χ1n) is 15.2. The SMILES string of the molecule is NCCCC[C@H](NC(=O)[C@H](CCC(=O)O)NC(=O)[C@H](CCCCN)NC(=O)[C@@H](N)CC(=O)O)C(=O)N[C@@H](CCCN=C(N)N)C(=O)O. The zero-order chi connectivity index (χ0) is 35.9. The predicted molar refractivity (Wildman–Crippen MR) is 168 cm³/mol. The van der Waals surface area contributed by atoms with E-state index >= 15 is 0 Å². The second-order valence-electron chi connectivity index (χ2n) is 10.7. The molecule has 268 valence electrons. The van der Waals surface area contributed by atoms with Crippen LogP contribution in [0.25, 0.3) is 0 Å². The summed E-state index contributed by atoms with van der Waals surface area (Å²) in [6.07, 6.45) is 0.215. The van der Waals surface area contributed by atoms with Crippen molar-refractivity contribution in [2.24, 2.45) is 33.7 Å². The summed E-state index contributed by atoms with van der Waals surface area (Å²) in [4.78, 5) is 90.2. The zero-order valence-electron chi connectivity index (χ0n) is 26.3. The maximum Gasteiger partial charge on any atom is 0.326 e. The molecule has 0 radical (unpaired) electrons. The number of carboxylic acids is 3. The van der Waals surface area contributed by atoms with Crippen molar-refractivity contribution in [2.75, 3.05) is 19.6 Å². The van der Waals surface area contributed by atoms with E-state index in [1.165, 1.54) is 0 Å². The fourth-order valence-electron chi connectivity index (χ4n) is 4.20. The van der Waals surface area contributed by atoms with Crippen LogP contribution >= 0.6 is 0 Å². The van der Waals surface area contributed by atoms with Gasteiger partial charge in [-0.15, -0.1) is 0 Å². The lowest BCUT2D eigenvalue weighted by Gasteiger charge is -2.26. The molecule has 0 rings (SSSR count). The Kier molecular flexibility index (Phi) is 21.4. The first-order chi connectivity index (χ1) is 22.1. The maximum absolute atomic E-state index is 13.4. The molecule has 0 aromatic rings. The summed E-state index contributed by atoms with van der Waals surface area (Å²) in [5.74, 6) is -7.76. The first-order valence-corrected chi connectivity index (χ1v) is 15.2. The van der Waals surface area contributed by atoms with Crippen LogP contribution in [0.4, 0.5) is 0 Å². The number of carbonyl (C=O) groups excluding carboxylic acids is 4. The summed E-state index contributed by atoms with van der Waals surface area (Å²) in [7, 11) is 0. The number of nitrogens with two attached hydrogens (primary N) is 5. The number of amides is 4. The molecule has 0 fully saturated rings. The Labute approximate surface area is 272 Å². The molecule has 0 unspecified atom stereocenters. The van der Waals surface area contributed by atoms with Gasteiger partial charge < -0.3 is 65.3 Å². The van der Waals surface area contributed by atoms with E-state index in [-0.39, 0.29) is 51.3 Å². The van der Waals surface area contributed by atoms with Crippen LogP contribution in [0.5, 0.6) is 0 Å². The average molecular weight is 675 g/mol. The summed E-state index contributed by atoms with van der Waals surface area (Å²) in [6.45, 7) is 0.662. The van der Waals surface area contributed by atoms with Crippen LogP contribution in [0.1, 0.15) is 70.6 Å². The monoisotopic (exact) mass is 674 g/mol. The number of guanidine groups is 1. The largest absolute Gasteiger partial charge is 0.481 e. The topological polar surface area (TPSA) is 371 Å². The van der Waals surface area contributed by atoms with E-state index in [4.69, 9.17) is 33.8 Å². The molecule has 0 saturated carbocycles. The van der Waals surface area contributed by atoms with Crippen molar-refractivity contribution in [1.29, 1.82) is 0 Å². The fourth-order valence-corrected chi connectivity index (χ4v) is 4.20. The number of hydrogen-bond acceptors (Lipinski definition) is 11. The second kappa shape index (κ2) is 23.7. The number of hydrogen-bond donors (Lipinski definition) is 12. The number of nitrogens with one attached hydrogen (secondary N) is 4. The predicted octanol–water partition coefficient (Wildman–Crippen LogP) is -4.01. The molecular formula is C27H50N10O10. The van der Waals surface area contributed by atoms with E-state index in [9.17, 15) is 43.8 Å². The number of unbranched alkanes of at least 4 members (excludes halogenated alkanes) is 2. The molecule has 0 aromatic carbocycles. The molecule has 0 aliphatic heterocycles. The third-order valence-corrected chi connectivity index (χ3v) is 6.73. The van der Waals surface area contributed by atoms with E-state index in [1.54, 1.807) is 0 Å². The summed E-state index contributed by atoms with van der Waals surface area (Å²) < 4.78 is 0. The quantitative estimate of drug-likeness (QED) is 0.0236. The van der Waals surface area contributed by atoms with Crippen LogP contribution in [0.3, 0.4) is 0 Å². The molecule has 47 heavy (non-hydrogen) atoms. The van der Waals surface area contributed by atoms with E-state index in [0.29, 0.717) is 25.7 Å². The van der Waals surface area contributed by atoms with Gasteiger partial charge in [0.05, 0.1) is 12.5 Å². The lowest BCUT2D eigenvalue weighted by Crippen LogP contribution is -2.58. The van der Waals surface area contributed by atoms with Crippen LogP contribution < -0.4 is 49.9 Å². The summed E-state index contributed by atoms with van der Waals surface area (Å²) >= 11 is 0. The third kappa shape index (κ3) is 19.5. The Morgan fingerprint density at radius 2 is 1.00 bits per heavy atom. The second-order valence-corrected chi connectivity index (χ2v) is 10.7. The van der Waals surface area contributed by atoms with Gasteiger partial charge in [0.1, 0.15) is 24.2 Å². The van der Waals surface area contributed by atoms with Crippen molar-refractivity contribution in [3.63, 3.8) is 0 Å². The molecule has 5 atom stereocenters. The van der Waals surface area contributed by atoms with Gasteiger partial charge in [0.2, 0.25) is 23.6 Å². The number of aliphatic imine (C=N–C) groups is 1. The van der Waals surface area contributed by atoms with Crippen molar-refractivity contribution < 1.29 is 48.9 Å². The van der Waals surface area contributed by atoms with Gasteiger partial charge in [-0.1, -0.05) is 0 Å². The Balaban J connectivity index is 5.98. The Bertz CT molecular complexity index is 1090. The highest BCUT2D eigenvalue weighted by atomic mass is 16.4. The van der Waals surface area contributed by atoms with Crippen LogP contribution in [0, 0.1) is 0 Å². The Morgan fingerprint density at radius 3 is 1.40 bits per heavy atom. The Hall–Kier alpha value is -4.56. The molecule has 0 aromatic heterocycles. The van der Waals surface area contributed by atoms with Gasteiger partial charge in [-0.05, 0) is 70.9 Å². The minimum atomic E-state index is -1.50. The number of rotatable bonds is 26. The summed E-state index contributed by atoms with van der Waals surface area (Å²) in [6, 6.07) is -6.89. The highest BCUT2D eigenvalue weighted by molar-refractivity contribution is 5.96. The number of aliphatic carboxylic acids is 3. The van der Waals surface area contributed by atoms with Crippen molar-refractivity contribution in [1.82, 2.24) is 21.3 Å². The molecule has 0 spiro atoms. The molecule has 20 heteroatoms. The van der Waals surface area contributed by atoms with Gasteiger partial charge in [-0.25, -0.2) is 4.79 Å². The van der Waals surface area contributed by atoms with E-state index in [1.807, 2.05) is 0 Å². The van der Waals surface area contributed by atoms with E-state index in [0.717, 1.165) is 0 Å². The summed E-state index contributed by atoms with van der Waals surface area (Å²) in [5.41, 5.74) is 27.2. The minimum Gasteiger partial charge on any atom is -0.481 e. The number of carbonyl (C=O) groups is 7. The normalized spacial score (nSPS) is 13.9. The van der Waals surface area contributed by atoms with Gasteiger partial charge in [-0.3, -0.25) is 33.8 Å². The van der Waals surface area contributed by atoms with Crippen molar-refractivity contribution in [2.45, 2.75) is 101 Å². The molecule has 0 bridgehead atoms. The summed E-state index contributed by atoms with van der Waals surface area (Å²) in [5, 5.41) is 37.4. The maximum atomic E-state index is 13.4. The highest BCUT2D eigenvalue weighted by Gasteiger charge is 2.32. The smallest absolute Gasteiger partial charge is 0.326 e. The molecule has 20 nitrogen and oxygen atoms in total. The molecule has 0 aliphatic rings. The van der Waals surface area contributed by atoms with Gasteiger partial charge in [0, 0.05) is 13.0 Å². The van der Waals surface area contributed by atoms with Crippen LogP contribution in [0.15, 0.2) is 4.99 Å². The van der Waals surface area contributed by atoms with Gasteiger partial charge >= 0.3 is 17.9 Å². The van der Waals surface area contributed by atoms with Crippen LogP contribution in [0.2, 0.25) is 0 Å². The molecular weight excluding hydrogens is 624 g/mol. The standard InChI is InChI=1S/C27H50N10O10/c28-11-3-1-6-16(34-22(42)15(30)14-21(40)41)23(43)36-18(9-10-20(38)39)25(45)35-17(7-2-4-12-29)24(44)37-19(26(46)47)8-5-13-33-27(31)32/h15-19H,1-14,28-30H2,(H,34,42)(H,35,45)(H,36,43)(H,37,44)(H,38,39)(H,40,41)(H,46,47)(H4,31,32,33)/t15-,16-,17-,18-,19-/m0/s1. The lowest BCUT2D eigenvalue weighted by molar-refractivity contribution is -0.142. The number of carboxylic acid groups (broad SMARTS) is 3. The van der Waals surface area contributed by atoms with Crippen molar-refractivity contribution >= 4 is 47.5 Å². The zero-order valence-corrected chi connectivity index (χ0v) is 26.3. The average Bonchev–Trinajstić information content (AvgIpc) is 2.98. The Morgan fingerprint density at radius 1 is 0.574 bits per heavy atom. The lowest BCUT2D eigenvalue weighted by atomic mass is 10.0. The highest BCUT2D eigenvalue weighted by Crippen LogP contribution is 2.08. The minimum absolute atomic E-state index is 0.0334. The third-order valence-electron chi connectivity index (χ3n) is 6.73. The first kappa shape index (κ1) is 42.4.